The molecule has 0 fully saturated rings. The molecule has 0 bridgehead atoms. The van der Waals surface area contributed by atoms with Crippen molar-refractivity contribution in [2.45, 2.75) is 26.2 Å². The van der Waals surface area contributed by atoms with Gasteiger partial charge >= 0.3 is 0 Å². The molecule has 20 heavy (non-hydrogen) atoms. The molecule has 0 saturated carbocycles. The predicted octanol–water partition coefficient (Wildman–Crippen LogP) is 1.24. The summed E-state index contributed by atoms with van der Waals surface area (Å²) in [6.45, 7) is 1.80. The Kier molecular flexibility index (Phi) is 4.45. The molecule has 2 rings (SSSR count). The van der Waals surface area contributed by atoms with E-state index in [1.165, 1.54) is 11.1 Å². The van der Waals surface area contributed by atoms with Gasteiger partial charge in [-0.2, -0.15) is 0 Å². The van der Waals surface area contributed by atoms with Crippen LogP contribution < -0.4 is 0 Å². The number of aliphatic hydroxyl groups is 2. The average molecular weight is 277 g/mol. The van der Waals surface area contributed by atoms with Gasteiger partial charge in [-0.25, -0.2) is 0 Å². The maximum absolute atomic E-state index is 12.4. The van der Waals surface area contributed by atoms with E-state index in [2.05, 4.69) is 0 Å². The summed E-state index contributed by atoms with van der Waals surface area (Å²) in [6, 6.07) is 5.90. The smallest absolute Gasteiger partial charge is 0.253 e. The number of carbonyl (C=O) groups is 1. The summed E-state index contributed by atoms with van der Waals surface area (Å²) < 4.78 is 0. The maximum atomic E-state index is 12.4. The fraction of sp³-hybridized carbons (Fsp3) is 0.562. The number of aliphatic hydroxyl groups excluding tert-OH is 2. The summed E-state index contributed by atoms with van der Waals surface area (Å²) in [4.78, 5) is 14.0. The average Bonchev–Trinajstić information content (AvgIpc) is 2.93. The van der Waals surface area contributed by atoms with Crippen molar-refractivity contribution in [1.29, 1.82) is 0 Å². The highest BCUT2D eigenvalue weighted by atomic mass is 16.3. The number of hydrogen-bond donors (Lipinski definition) is 2. The monoisotopic (exact) mass is 277 g/mol. The zero-order valence-electron chi connectivity index (χ0n) is 12.2. The molecule has 2 N–H and O–H groups in total. The lowest BCUT2D eigenvalue weighted by atomic mass is 9.92. The fourth-order valence-corrected chi connectivity index (χ4v) is 2.72. The molecule has 0 spiro atoms. The number of aryl methyl sites for hydroxylation is 2. The Morgan fingerprint density at radius 3 is 2.55 bits per heavy atom. The van der Waals surface area contributed by atoms with Crippen LogP contribution in [0.4, 0.5) is 0 Å². The molecule has 4 heteroatoms. The third-order valence-electron chi connectivity index (χ3n) is 4.07. The molecule has 0 atom stereocenters. The lowest BCUT2D eigenvalue weighted by Gasteiger charge is -2.30. The van der Waals surface area contributed by atoms with Crippen molar-refractivity contribution in [2.24, 2.45) is 5.41 Å². The van der Waals surface area contributed by atoms with Crippen molar-refractivity contribution >= 4 is 5.91 Å². The summed E-state index contributed by atoms with van der Waals surface area (Å²) >= 11 is 0. The largest absolute Gasteiger partial charge is 0.396 e. The van der Waals surface area contributed by atoms with Crippen LogP contribution in [0.25, 0.3) is 0 Å². The second-order valence-corrected chi connectivity index (χ2v) is 6.13. The van der Waals surface area contributed by atoms with Gasteiger partial charge in [-0.3, -0.25) is 4.79 Å². The van der Waals surface area contributed by atoms with Gasteiger partial charge in [0.15, 0.2) is 0 Å². The Balaban J connectivity index is 2.11. The van der Waals surface area contributed by atoms with Crippen LogP contribution in [-0.2, 0) is 12.8 Å². The molecular formula is C16H23NO3. The Hall–Kier alpha value is -1.39. The van der Waals surface area contributed by atoms with Crippen molar-refractivity contribution < 1.29 is 15.0 Å². The van der Waals surface area contributed by atoms with Gasteiger partial charge in [0.1, 0.15) is 0 Å². The van der Waals surface area contributed by atoms with E-state index in [1.54, 1.807) is 18.9 Å². The van der Waals surface area contributed by atoms with Gasteiger partial charge in [0.25, 0.3) is 5.91 Å². The molecule has 4 nitrogen and oxygen atoms in total. The van der Waals surface area contributed by atoms with E-state index >= 15 is 0 Å². The third kappa shape index (κ3) is 3.02. The van der Waals surface area contributed by atoms with E-state index < -0.39 is 5.41 Å². The number of hydrogen-bond acceptors (Lipinski definition) is 3. The van der Waals surface area contributed by atoms with Gasteiger partial charge in [0.05, 0.1) is 13.2 Å². The zero-order valence-corrected chi connectivity index (χ0v) is 12.2. The summed E-state index contributed by atoms with van der Waals surface area (Å²) in [5, 5.41) is 18.6. The van der Waals surface area contributed by atoms with E-state index in [-0.39, 0.29) is 19.1 Å². The normalized spacial score (nSPS) is 14.2. The first-order valence-electron chi connectivity index (χ1n) is 7.08. The van der Waals surface area contributed by atoms with Crippen molar-refractivity contribution in [2.75, 3.05) is 26.8 Å². The zero-order chi connectivity index (χ0) is 14.8. The van der Waals surface area contributed by atoms with E-state index in [4.69, 9.17) is 0 Å². The highest BCUT2D eigenvalue weighted by molar-refractivity contribution is 5.94. The molecule has 0 unspecified atom stereocenters. The first-order valence-corrected chi connectivity index (χ1v) is 7.08. The quantitative estimate of drug-likeness (QED) is 0.851. The summed E-state index contributed by atoms with van der Waals surface area (Å²) in [5.41, 5.74) is 2.64. The van der Waals surface area contributed by atoms with Crippen LogP contribution in [0, 0.1) is 5.41 Å². The number of fused-ring (bicyclic) bond motifs is 1. The Morgan fingerprint density at radius 2 is 1.90 bits per heavy atom. The topological polar surface area (TPSA) is 60.8 Å². The molecule has 0 aromatic heterocycles. The number of benzene rings is 1. The lowest BCUT2D eigenvalue weighted by Crippen LogP contribution is -2.41. The van der Waals surface area contributed by atoms with Crippen LogP contribution in [-0.4, -0.2) is 47.8 Å². The van der Waals surface area contributed by atoms with Crippen LogP contribution in [0.5, 0.6) is 0 Å². The Morgan fingerprint density at radius 1 is 1.25 bits per heavy atom. The van der Waals surface area contributed by atoms with Gasteiger partial charge < -0.3 is 15.1 Å². The second-order valence-electron chi connectivity index (χ2n) is 6.13. The Bertz CT molecular complexity index is 494. The molecule has 0 aliphatic heterocycles. The molecule has 1 aromatic rings. The molecule has 0 radical (unpaired) electrons. The van der Waals surface area contributed by atoms with Gasteiger partial charge in [0, 0.05) is 24.6 Å². The minimum absolute atomic E-state index is 0.0622. The molecule has 0 heterocycles. The number of carbonyl (C=O) groups excluding carboxylic acids is 1. The van der Waals surface area contributed by atoms with Crippen molar-refractivity contribution in [3.05, 3.63) is 34.9 Å². The second kappa shape index (κ2) is 5.94. The van der Waals surface area contributed by atoms with E-state index in [0.29, 0.717) is 12.1 Å². The fourth-order valence-electron chi connectivity index (χ4n) is 2.72. The van der Waals surface area contributed by atoms with E-state index in [0.717, 1.165) is 19.3 Å². The lowest BCUT2D eigenvalue weighted by molar-refractivity contribution is 0.0366. The minimum Gasteiger partial charge on any atom is -0.396 e. The van der Waals surface area contributed by atoms with Gasteiger partial charge in [-0.1, -0.05) is 13.0 Å². The molecule has 1 aromatic carbocycles. The highest BCUT2D eigenvalue weighted by Crippen LogP contribution is 2.24. The van der Waals surface area contributed by atoms with Crippen molar-refractivity contribution in [1.82, 2.24) is 4.90 Å². The summed E-state index contributed by atoms with van der Waals surface area (Å²) in [7, 11) is 1.71. The summed E-state index contributed by atoms with van der Waals surface area (Å²) in [6.07, 6.45) is 3.31. The minimum atomic E-state index is -0.666. The molecule has 1 aliphatic rings. The molecule has 1 aliphatic carbocycles. The third-order valence-corrected chi connectivity index (χ3v) is 4.07. The van der Waals surface area contributed by atoms with Crippen LogP contribution in [0.2, 0.25) is 0 Å². The molecular weight excluding hydrogens is 254 g/mol. The molecule has 110 valence electrons. The molecule has 0 saturated heterocycles. The van der Waals surface area contributed by atoms with Crippen LogP contribution >= 0.6 is 0 Å². The van der Waals surface area contributed by atoms with Gasteiger partial charge in [0.2, 0.25) is 0 Å². The SMILES string of the molecule is CN(CC(C)(CO)CO)C(=O)c1ccc2c(c1)CCC2. The van der Waals surface area contributed by atoms with Crippen LogP contribution in [0.3, 0.4) is 0 Å². The number of amides is 1. The van der Waals surface area contributed by atoms with Crippen molar-refractivity contribution in [3.63, 3.8) is 0 Å². The van der Waals surface area contributed by atoms with Gasteiger partial charge in [-0.05, 0) is 42.5 Å². The first-order chi connectivity index (χ1) is 9.49. The van der Waals surface area contributed by atoms with Crippen LogP contribution in [0.15, 0.2) is 18.2 Å². The maximum Gasteiger partial charge on any atom is 0.253 e. The standard InChI is InChI=1S/C16H23NO3/c1-16(10-18,11-19)9-17(2)15(20)14-7-6-12-4-3-5-13(12)8-14/h6-8,18-19H,3-5,9-11H2,1-2H3. The van der Waals surface area contributed by atoms with E-state index in [1.807, 2.05) is 18.2 Å². The number of rotatable bonds is 5. The van der Waals surface area contributed by atoms with Crippen molar-refractivity contribution in [3.8, 4) is 0 Å². The summed E-state index contributed by atoms with van der Waals surface area (Å²) in [5.74, 6) is -0.0622. The first kappa shape index (κ1) is 15.0. The van der Waals surface area contributed by atoms with E-state index in [9.17, 15) is 15.0 Å². The highest BCUT2D eigenvalue weighted by Gasteiger charge is 2.27. The molecule has 1 amide bonds. The number of nitrogens with zero attached hydrogens (tertiary/aromatic N) is 1. The van der Waals surface area contributed by atoms with Crippen LogP contribution in [0.1, 0.15) is 34.8 Å². The Labute approximate surface area is 120 Å². The van der Waals surface area contributed by atoms with Gasteiger partial charge in [-0.15, -0.1) is 0 Å². The predicted molar refractivity (Wildman–Crippen MR) is 77.7 cm³/mol.